The number of halogens is 1. The summed E-state index contributed by atoms with van der Waals surface area (Å²) in [6.45, 7) is 2.36. The Morgan fingerprint density at radius 1 is 1.56 bits per heavy atom. The molecule has 0 saturated heterocycles. The maximum Gasteiger partial charge on any atom is 0.303 e. The number of hydrogen-bond acceptors (Lipinski definition) is 3. The second kappa shape index (κ2) is 6.19. The summed E-state index contributed by atoms with van der Waals surface area (Å²) in [7, 11) is 0. The van der Waals surface area contributed by atoms with Gasteiger partial charge in [-0.1, -0.05) is 0 Å². The van der Waals surface area contributed by atoms with E-state index in [1.807, 2.05) is 12.3 Å². The van der Waals surface area contributed by atoms with Crippen LogP contribution in [0.1, 0.15) is 28.1 Å². The summed E-state index contributed by atoms with van der Waals surface area (Å²) in [5, 5.41) is 13.1. The SMILES string of the molecule is Cc1csc(C(=O)NCCCC(=O)O)c1I. The van der Waals surface area contributed by atoms with Crippen LogP contribution in [0.2, 0.25) is 0 Å². The zero-order valence-electron chi connectivity index (χ0n) is 8.75. The van der Waals surface area contributed by atoms with Crippen molar-refractivity contribution in [2.24, 2.45) is 0 Å². The number of carbonyl (C=O) groups excluding carboxylic acids is 1. The largest absolute Gasteiger partial charge is 0.481 e. The molecular weight excluding hydrogens is 341 g/mol. The molecule has 0 aliphatic rings. The van der Waals surface area contributed by atoms with E-state index in [9.17, 15) is 9.59 Å². The van der Waals surface area contributed by atoms with Crippen LogP contribution in [-0.4, -0.2) is 23.5 Å². The van der Waals surface area contributed by atoms with Crippen LogP contribution in [0.3, 0.4) is 0 Å². The van der Waals surface area contributed by atoms with Gasteiger partial charge in [-0.25, -0.2) is 0 Å². The first-order chi connectivity index (χ1) is 7.52. The maximum atomic E-state index is 11.7. The van der Waals surface area contributed by atoms with Gasteiger partial charge in [0.2, 0.25) is 0 Å². The monoisotopic (exact) mass is 353 g/mol. The van der Waals surface area contributed by atoms with Gasteiger partial charge in [0.1, 0.15) is 4.88 Å². The summed E-state index contributed by atoms with van der Waals surface area (Å²) in [5.74, 6) is -0.955. The molecule has 0 spiro atoms. The highest BCUT2D eigenvalue weighted by molar-refractivity contribution is 14.1. The fraction of sp³-hybridized carbons (Fsp3) is 0.400. The lowest BCUT2D eigenvalue weighted by molar-refractivity contribution is -0.137. The number of aliphatic carboxylic acids is 1. The van der Waals surface area contributed by atoms with Crippen molar-refractivity contribution in [2.45, 2.75) is 19.8 Å². The van der Waals surface area contributed by atoms with Gasteiger partial charge in [-0.05, 0) is 46.9 Å². The van der Waals surface area contributed by atoms with Gasteiger partial charge in [0.25, 0.3) is 5.91 Å². The summed E-state index contributed by atoms with van der Waals surface area (Å²) in [5.41, 5.74) is 1.10. The molecule has 1 rings (SSSR count). The Morgan fingerprint density at radius 2 is 2.25 bits per heavy atom. The Labute approximate surface area is 111 Å². The minimum Gasteiger partial charge on any atom is -0.481 e. The number of carboxylic acid groups (broad SMARTS) is 1. The van der Waals surface area contributed by atoms with Crippen LogP contribution in [0.5, 0.6) is 0 Å². The van der Waals surface area contributed by atoms with Gasteiger partial charge in [-0.3, -0.25) is 9.59 Å². The topological polar surface area (TPSA) is 66.4 Å². The minimum atomic E-state index is -0.837. The highest BCUT2D eigenvalue weighted by Gasteiger charge is 2.13. The predicted octanol–water partition coefficient (Wildman–Crippen LogP) is 2.26. The number of carboxylic acids is 1. The molecule has 1 aromatic rings. The van der Waals surface area contributed by atoms with Crippen LogP contribution in [0.4, 0.5) is 0 Å². The second-order valence-corrected chi connectivity index (χ2v) is 5.27. The fourth-order valence-corrected chi connectivity index (χ4v) is 2.95. The maximum absolute atomic E-state index is 11.7. The molecule has 1 heterocycles. The molecule has 0 aromatic carbocycles. The smallest absolute Gasteiger partial charge is 0.303 e. The van der Waals surface area contributed by atoms with E-state index in [1.54, 1.807) is 0 Å². The summed E-state index contributed by atoms with van der Waals surface area (Å²) < 4.78 is 0.971. The molecule has 6 heteroatoms. The highest BCUT2D eigenvalue weighted by Crippen LogP contribution is 2.23. The molecule has 1 amide bonds. The number of amides is 1. The second-order valence-electron chi connectivity index (χ2n) is 3.32. The average molecular weight is 353 g/mol. The predicted molar refractivity (Wildman–Crippen MR) is 71.0 cm³/mol. The average Bonchev–Trinajstić information content (AvgIpc) is 2.54. The summed E-state index contributed by atoms with van der Waals surface area (Å²) in [6, 6.07) is 0. The molecule has 0 saturated carbocycles. The molecule has 0 aliphatic carbocycles. The van der Waals surface area contributed by atoms with Crippen LogP contribution in [0.25, 0.3) is 0 Å². The molecule has 0 atom stereocenters. The van der Waals surface area contributed by atoms with Crippen molar-refractivity contribution >= 4 is 45.8 Å². The third kappa shape index (κ3) is 3.75. The number of hydrogen-bond donors (Lipinski definition) is 2. The molecule has 0 unspecified atom stereocenters. The zero-order chi connectivity index (χ0) is 12.1. The Hall–Kier alpha value is -0.630. The van der Waals surface area contributed by atoms with E-state index in [0.717, 1.165) is 9.13 Å². The third-order valence-electron chi connectivity index (χ3n) is 1.96. The van der Waals surface area contributed by atoms with Crippen molar-refractivity contribution in [3.63, 3.8) is 0 Å². The number of carbonyl (C=O) groups is 2. The molecular formula is C10H12INO3S. The number of thiophene rings is 1. The van der Waals surface area contributed by atoms with E-state index >= 15 is 0 Å². The first-order valence-electron chi connectivity index (χ1n) is 4.76. The van der Waals surface area contributed by atoms with Crippen LogP contribution in [0.15, 0.2) is 5.38 Å². The van der Waals surface area contributed by atoms with Gasteiger partial charge >= 0.3 is 5.97 Å². The van der Waals surface area contributed by atoms with Crippen molar-refractivity contribution in [2.75, 3.05) is 6.54 Å². The van der Waals surface area contributed by atoms with E-state index < -0.39 is 5.97 Å². The Morgan fingerprint density at radius 3 is 2.75 bits per heavy atom. The fourth-order valence-electron chi connectivity index (χ4n) is 1.10. The van der Waals surface area contributed by atoms with E-state index in [1.165, 1.54) is 11.3 Å². The molecule has 4 nitrogen and oxygen atoms in total. The lowest BCUT2D eigenvalue weighted by Gasteiger charge is -2.02. The van der Waals surface area contributed by atoms with Crippen molar-refractivity contribution < 1.29 is 14.7 Å². The van der Waals surface area contributed by atoms with Gasteiger partial charge in [0.05, 0.1) is 0 Å². The third-order valence-corrected chi connectivity index (χ3v) is 4.81. The molecule has 0 fully saturated rings. The number of aryl methyl sites for hydroxylation is 1. The van der Waals surface area contributed by atoms with Gasteiger partial charge < -0.3 is 10.4 Å². The molecule has 0 radical (unpaired) electrons. The molecule has 1 aromatic heterocycles. The number of rotatable bonds is 5. The quantitative estimate of drug-likeness (QED) is 0.630. The van der Waals surface area contributed by atoms with E-state index in [0.29, 0.717) is 17.8 Å². The van der Waals surface area contributed by atoms with Crippen LogP contribution in [-0.2, 0) is 4.79 Å². The Bertz CT molecular complexity index is 403. The lowest BCUT2D eigenvalue weighted by Crippen LogP contribution is -2.24. The van der Waals surface area contributed by atoms with Crippen molar-refractivity contribution in [1.82, 2.24) is 5.32 Å². The van der Waals surface area contributed by atoms with Crippen LogP contribution >= 0.6 is 33.9 Å². The highest BCUT2D eigenvalue weighted by atomic mass is 127. The summed E-state index contributed by atoms with van der Waals surface area (Å²) >= 11 is 3.56. The molecule has 88 valence electrons. The summed E-state index contributed by atoms with van der Waals surface area (Å²) in [6.07, 6.45) is 0.544. The zero-order valence-corrected chi connectivity index (χ0v) is 11.7. The molecule has 16 heavy (non-hydrogen) atoms. The van der Waals surface area contributed by atoms with E-state index in [-0.39, 0.29) is 12.3 Å². The van der Waals surface area contributed by atoms with Gasteiger partial charge in [-0.2, -0.15) is 0 Å². The van der Waals surface area contributed by atoms with Crippen LogP contribution in [0, 0.1) is 10.5 Å². The van der Waals surface area contributed by atoms with Crippen molar-refractivity contribution in [3.05, 3.63) is 19.4 Å². The first kappa shape index (κ1) is 13.4. The van der Waals surface area contributed by atoms with Crippen LogP contribution < -0.4 is 5.32 Å². The van der Waals surface area contributed by atoms with Crippen molar-refractivity contribution in [1.29, 1.82) is 0 Å². The van der Waals surface area contributed by atoms with Crippen molar-refractivity contribution in [3.8, 4) is 0 Å². The van der Waals surface area contributed by atoms with E-state index in [2.05, 4.69) is 27.9 Å². The first-order valence-corrected chi connectivity index (χ1v) is 6.71. The molecule has 0 bridgehead atoms. The van der Waals surface area contributed by atoms with Gasteiger partial charge in [0, 0.05) is 16.5 Å². The lowest BCUT2D eigenvalue weighted by atomic mass is 10.3. The van der Waals surface area contributed by atoms with Gasteiger partial charge in [-0.15, -0.1) is 11.3 Å². The molecule has 2 N–H and O–H groups in total. The Balaban J connectivity index is 2.41. The normalized spacial score (nSPS) is 10.1. The number of nitrogens with one attached hydrogen (secondary N) is 1. The summed E-state index contributed by atoms with van der Waals surface area (Å²) in [4.78, 5) is 22.6. The standard InChI is InChI=1S/C10H12INO3S/c1-6-5-16-9(8(6)11)10(15)12-4-2-3-7(13)14/h5H,2-4H2,1H3,(H,12,15)(H,13,14). The minimum absolute atomic E-state index is 0.0842. The molecule has 0 aliphatic heterocycles. The van der Waals surface area contributed by atoms with Gasteiger partial charge in [0.15, 0.2) is 0 Å². The van der Waals surface area contributed by atoms with E-state index in [4.69, 9.17) is 5.11 Å². The Kier molecular flexibility index (Phi) is 5.20.